The van der Waals surface area contributed by atoms with Gasteiger partial charge in [-0.1, -0.05) is 35.9 Å². The van der Waals surface area contributed by atoms with Gasteiger partial charge in [-0.15, -0.1) is 0 Å². The lowest BCUT2D eigenvalue weighted by Crippen LogP contribution is -2.40. The minimum atomic E-state index is -3.87. The summed E-state index contributed by atoms with van der Waals surface area (Å²) in [6.45, 7) is 6.18. The summed E-state index contributed by atoms with van der Waals surface area (Å²) in [4.78, 5) is 2.51. The maximum absolute atomic E-state index is 13.9. The van der Waals surface area contributed by atoms with Crippen LogP contribution in [0.3, 0.4) is 0 Å². The second kappa shape index (κ2) is 9.54. The predicted octanol–water partition coefficient (Wildman–Crippen LogP) is 5.70. The Morgan fingerprint density at radius 3 is 2.45 bits per heavy atom. The van der Waals surface area contributed by atoms with E-state index in [1.165, 1.54) is 3.97 Å². The summed E-state index contributed by atoms with van der Waals surface area (Å²) in [6, 6.07) is 16.8. The molecule has 0 bridgehead atoms. The zero-order valence-electron chi connectivity index (χ0n) is 23.2. The molecule has 0 radical (unpaired) electrons. The molecule has 0 N–H and O–H groups in total. The van der Waals surface area contributed by atoms with Crippen molar-refractivity contribution < 1.29 is 17.9 Å². The molecular formula is C32H31N3O4S. The van der Waals surface area contributed by atoms with Crippen LogP contribution in [-0.4, -0.2) is 49.7 Å². The Balaban J connectivity index is 1.61. The number of fused-ring (bicyclic) bond motifs is 3. The van der Waals surface area contributed by atoms with Gasteiger partial charge in [-0.05, 0) is 63.1 Å². The second-order valence-corrected chi connectivity index (χ2v) is 12.4. The summed E-state index contributed by atoms with van der Waals surface area (Å²) in [7, 11) is -0.594. The molecule has 8 heteroatoms. The van der Waals surface area contributed by atoms with E-state index in [0.717, 1.165) is 45.4 Å². The number of para-hydroxylation sites is 1. The highest BCUT2D eigenvalue weighted by molar-refractivity contribution is 7.90. The molecular weight excluding hydrogens is 522 g/mol. The fourth-order valence-electron chi connectivity index (χ4n) is 6.38. The smallest absolute Gasteiger partial charge is 0.268 e. The maximum Gasteiger partial charge on any atom is 0.268 e. The molecule has 2 aromatic carbocycles. The first-order chi connectivity index (χ1) is 19.2. The van der Waals surface area contributed by atoms with Crippen LogP contribution in [0.5, 0.6) is 0 Å². The lowest BCUT2D eigenvalue weighted by atomic mass is 9.85. The largest absolute Gasteiger partial charge is 0.498 e. The van der Waals surface area contributed by atoms with Crippen LogP contribution < -0.4 is 0 Å². The molecule has 3 aliphatic rings. The first kappa shape index (κ1) is 26.2. The Morgan fingerprint density at radius 1 is 1.05 bits per heavy atom. The summed E-state index contributed by atoms with van der Waals surface area (Å²) < 4.78 is 40.4. The van der Waals surface area contributed by atoms with Gasteiger partial charge >= 0.3 is 0 Å². The van der Waals surface area contributed by atoms with E-state index >= 15 is 0 Å². The van der Waals surface area contributed by atoms with E-state index in [-0.39, 0.29) is 23.1 Å². The van der Waals surface area contributed by atoms with Gasteiger partial charge in [0.2, 0.25) is 0 Å². The van der Waals surface area contributed by atoms with Gasteiger partial charge in [0.05, 0.1) is 34.8 Å². The van der Waals surface area contributed by atoms with Crippen LogP contribution in [0.25, 0.3) is 16.5 Å². The molecule has 1 aromatic heterocycles. The van der Waals surface area contributed by atoms with Crippen molar-refractivity contribution in [2.45, 2.75) is 50.3 Å². The summed E-state index contributed by atoms with van der Waals surface area (Å²) in [6.07, 6.45) is 6.27. The fraction of sp³-hybridized carbons (Fsp3) is 0.281. The Kier molecular flexibility index (Phi) is 6.25. The van der Waals surface area contributed by atoms with Crippen molar-refractivity contribution >= 4 is 26.5 Å². The number of aryl methyl sites for hydroxylation is 1. The number of rotatable bonds is 5. The molecule has 7 nitrogen and oxygen atoms in total. The van der Waals surface area contributed by atoms with E-state index in [1.807, 2.05) is 37.3 Å². The highest BCUT2D eigenvalue weighted by Crippen LogP contribution is 2.50. The Hall–Kier alpha value is -4.06. The topological polar surface area (TPSA) is 84.6 Å². The number of nitriles is 1. The molecule has 1 aliphatic carbocycles. The van der Waals surface area contributed by atoms with Crippen molar-refractivity contribution in [1.29, 1.82) is 5.26 Å². The number of aromatic nitrogens is 1. The van der Waals surface area contributed by atoms with Crippen LogP contribution in [0.4, 0.5) is 0 Å². The number of hydrogen-bond acceptors (Lipinski definition) is 6. The van der Waals surface area contributed by atoms with Gasteiger partial charge in [-0.2, -0.15) is 5.26 Å². The molecule has 3 unspecified atom stereocenters. The van der Waals surface area contributed by atoms with Crippen molar-refractivity contribution in [3.8, 4) is 6.07 Å². The van der Waals surface area contributed by atoms with Crippen molar-refractivity contribution in [2.24, 2.45) is 0 Å². The first-order valence-electron chi connectivity index (χ1n) is 13.3. The Bertz CT molecular complexity index is 1820. The molecule has 0 spiro atoms. The summed E-state index contributed by atoms with van der Waals surface area (Å²) in [5.74, 6) is 0.683. The van der Waals surface area contributed by atoms with E-state index in [0.29, 0.717) is 16.8 Å². The molecule has 3 aromatic rings. The lowest BCUT2D eigenvalue weighted by Gasteiger charge is -2.40. The number of ether oxygens (including phenoxy) is 2. The van der Waals surface area contributed by atoms with E-state index < -0.39 is 10.0 Å². The molecule has 0 saturated carbocycles. The van der Waals surface area contributed by atoms with Crippen LogP contribution in [0.15, 0.2) is 100.0 Å². The third-order valence-electron chi connectivity index (χ3n) is 8.26. The molecule has 6 rings (SSSR count). The average Bonchev–Trinajstić information content (AvgIpc) is 3.48. The van der Waals surface area contributed by atoms with Gasteiger partial charge in [0.1, 0.15) is 17.9 Å². The molecule has 0 amide bonds. The Morgan fingerprint density at radius 2 is 1.77 bits per heavy atom. The molecule has 0 saturated heterocycles. The number of methoxy groups -OCH3 is 2. The number of nitrogens with zero attached hydrogens (tertiary/aromatic N) is 3. The van der Waals surface area contributed by atoms with E-state index in [1.54, 1.807) is 44.7 Å². The molecule has 40 heavy (non-hydrogen) atoms. The van der Waals surface area contributed by atoms with Gasteiger partial charge in [0.15, 0.2) is 0 Å². The first-order valence-corrected chi connectivity index (χ1v) is 14.7. The SMILES string of the molecule is COC1=CC2=C3C(C#N)=C(c4cn(S(=O)(=O)c5ccc(C)cc5)c5ccccc45)C(C)N3C(C)CC2=CC1OC. The van der Waals surface area contributed by atoms with Crippen LogP contribution in [0.1, 0.15) is 31.4 Å². The predicted molar refractivity (Wildman–Crippen MR) is 155 cm³/mol. The van der Waals surface area contributed by atoms with Crippen molar-refractivity contribution in [1.82, 2.24) is 8.87 Å². The van der Waals surface area contributed by atoms with Crippen molar-refractivity contribution in [3.63, 3.8) is 0 Å². The van der Waals surface area contributed by atoms with E-state index in [4.69, 9.17) is 9.47 Å². The average molecular weight is 554 g/mol. The molecule has 2 aliphatic heterocycles. The third-order valence-corrected chi connectivity index (χ3v) is 9.95. The van der Waals surface area contributed by atoms with Crippen LogP contribution in [-0.2, 0) is 19.5 Å². The van der Waals surface area contributed by atoms with Crippen LogP contribution >= 0.6 is 0 Å². The third kappa shape index (κ3) is 3.76. The van der Waals surface area contributed by atoms with Crippen LogP contribution in [0, 0.1) is 18.3 Å². The lowest BCUT2D eigenvalue weighted by molar-refractivity contribution is 0.107. The quantitative estimate of drug-likeness (QED) is 0.403. The van der Waals surface area contributed by atoms with E-state index in [2.05, 4.69) is 30.9 Å². The van der Waals surface area contributed by atoms with Crippen molar-refractivity contribution in [2.75, 3.05) is 14.2 Å². The summed E-state index contributed by atoms with van der Waals surface area (Å²) in [5, 5.41) is 11.4. The fourth-order valence-corrected chi connectivity index (χ4v) is 7.75. The van der Waals surface area contributed by atoms with Gasteiger partial charge in [-0.3, -0.25) is 0 Å². The number of hydrogen-bond donors (Lipinski definition) is 0. The standard InChI is InChI=1S/C32H31N3O4S/c1-19-10-12-23(13-11-19)40(36,37)34-18-27(24-8-6-7-9-28(24)34)31-21(3)35-20(2)14-22-15-29(38-4)30(39-5)16-25(22)32(35)26(31)17-33/h6-13,15-16,18,20-21,29H,14H2,1-5H3. The molecule has 3 atom stereocenters. The van der Waals surface area contributed by atoms with Crippen molar-refractivity contribution in [3.05, 3.63) is 106 Å². The zero-order valence-corrected chi connectivity index (χ0v) is 24.0. The highest BCUT2D eigenvalue weighted by Gasteiger charge is 2.44. The monoisotopic (exact) mass is 553 g/mol. The molecule has 204 valence electrons. The molecule has 0 fully saturated rings. The summed E-state index contributed by atoms with van der Waals surface area (Å²) >= 11 is 0. The van der Waals surface area contributed by atoms with Gasteiger partial charge in [0, 0.05) is 41.4 Å². The van der Waals surface area contributed by atoms with Gasteiger partial charge < -0.3 is 14.4 Å². The van der Waals surface area contributed by atoms with E-state index in [9.17, 15) is 13.7 Å². The minimum absolute atomic E-state index is 0.125. The number of benzene rings is 2. The maximum atomic E-state index is 13.9. The Labute approximate surface area is 235 Å². The minimum Gasteiger partial charge on any atom is -0.498 e. The molecule has 3 heterocycles. The normalized spacial score (nSPS) is 22.6. The van der Waals surface area contributed by atoms with Gasteiger partial charge in [0.25, 0.3) is 10.0 Å². The summed E-state index contributed by atoms with van der Waals surface area (Å²) in [5.41, 5.74) is 6.63. The van der Waals surface area contributed by atoms with Gasteiger partial charge in [-0.25, -0.2) is 12.4 Å². The van der Waals surface area contributed by atoms with Crippen LogP contribution in [0.2, 0.25) is 0 Å². The highest BCUT2D eigenvalue weighted by atomic mass is 32.2. The zero-order chi connectivity index (χ0) is 28.3. The number of allylic oxidation sites excluding steroid dienone is 3. The second-order valence-electron chi connectivity index (χ2n) is 10.6.